The van der Waals surface area contributed by atoms with Crippen molar-refractivity contribution in [2.75, 3.05) is 4.90 Å². The SMILES string of the molecule is CC(=O)N(c1ccc(I)cc1C)C1CCCC1. The summed E-state index contributed by atoms with van der Waals surface area (Å²) < 4.78 is 1.22. The van der Waals surface area contributed by atoms with Gasteiger partial charge in [0.1, 0.15) is 0 Å². The molecule has 1 fully saturated rings. The maximum Gasteiger partial charge on any atom is 0.224 e. The molecule has 1 aliphatic carbocycles. The lowest BCUT2D eigenvalue weighted by molar-refractivity contribution is -0.117. The second-order valence-electron chi connectivity index (χ2n) is 4.76. The molecular weight excluding hydrogens is 325 g/mol. The maximum atomic E-state index is 11.9. The molecule has 92 valence electrons. The molecule has 1 saturated carbocycles. The zero-order chi connectivity index (χ0) is 12.4. The lowest BCUT2D eigenvalue weighted by atomic mass is 10.1. The molecule has 2 nitrogen and oxygen atoms in total. The van der Waals surface area contributed by atoms with Crippen LogP contribution in [-0.4, -0.2) is 11.9 Å². The van der Waals surface area contributed by atoms with Crippen molar-refractivity contribution in [2.24, 2.45) is 0 Å². The maximum absolute atomic E-state index is 11.9. The number of nitrogens with zero attached hydrogens (tertiary/aromatic N) is 1. The highest BCUT2D eigenvalue weighted by atomic mass is 127. The van der Waals surface area contributed by atoms with Crippen LogP contribution in [-0.2, 0) is 4.79 Å². The second kappa shape index (κ2) is 5.38. The van der Waals surface area contributed by atoms with Crippen molar-refractivity contribution in [3.63, 3.8) is 0 Å². The summed E-state index contributed by atoms with van der Waals surface area (Å²) >= 11 is 2.31. The first-order valence-electron chi connectivity index (χ1n) is 6.15. The molecule has 0 N–H and O–H groups in total. The van der Waals surface area contributed by atoms with E-state index in [1.807, 2.05) is 4.90 Å². The first kappa shape index (κ1) is 12.9. The molecule has 0 heterocycles. The summed E-state index contributed by atoms with van der Waals surface area (Å²) in [7, 11) is 0. The van der Waals surface area contributed by atoms with E-state index in [4.69, 9.17) is 0 Å². The van der Waals surface area contributed by atoms with Crippen molar-refractivity contribution >= 4 is 34.2 Å². The van der Waals surface area contributed by atoms with Crippen LogP contribution >= 0.6 is 22.6 Å². The van der Waals surface area contributed by atoms with Crippen molar-refractivity contribution in [1.29, 1.82) is 0 Å². The van der Waals surface area contributed by atoms with Gasteiger partial charge in [0.2, 0.25) is 5.91 Å². The van der Waals surface area contributed by atoms with Crippen LogP contribution < -0.4 is 4.90 Å². The molecule has 2 rings (SSSR count). The minimum Gasteiger partial charge on any atom is -0.309 e. The Bertz CT molecular complexity index is 424. The van der Waals surface area contributed by atoms with E-state index in [0.29, 0.717) is 6.04 Å². The minimum atomic E-state index is 0.168. The van der Waals surface area contributed by atoms with Crippen LogP contribution in [0.5, 0.6) is 0 Å². The van der Waals surface area contributed by atoms with E-state index in [-0.39, 0.29) is 5.91 Å². The van der Waals surface area contributed by atoms with E-state index in [1.165, 1.54) is 22.0 Å². The normalized spacial score (nSPS) is 16.2. The summed E-state index contributed by atoms with van der Waals surface area (Å²) in [5, 5.41) is 0. The van der Waals surface area contributed by atoms with Gasteiger partial charge in [0.15, 0.2) is 0 Å². The Balaban J connectivity index is 2.35. The molecule has 0 aliphatic heterocycles. The van der Waals surface area contributed by atoms with Crippen molar-refractivity contribution in [3.05, 3.63) is 27.3 Å². The molecule has 0 spiro atoms. The van der Waals surface area contributed by atoms with Gasteiger partial charge in [0, 0.05) is 22.2 Å². The molecule has 0 radical (unpaired) electrons. The molecule has 3 heteroatoms. The number of aryl methyl sites for hydroxylation is 1. The number of benzene rings is 1. The predicted octanol–water partition coefficient (Wildman–Crippen LogP) is 3.90. The Morgan fingerprint density at radius 3 is 2.53 bits per heavy atom. The summed E-state index contributed by atoms with van der Waals surface area (Å²) in [5.74, 6) is 0.168. The minimum absolute atomic E-state index is 0.168. The summed E-state index contributed by atoms with van der Waals surface area (Å²) in [6.07, 6.45) is 4.78. The number of hydrogen-bond donors (Lipinski definition) is 0. The van der Waals surface area contributed by atoms with Crippen LogP contribution in [0.2, 0.25) is 0 Å². The van der Waals surface area contributed by atoms with E-state index in [2.05, 4.69) is 47.7 Å². The molecule has 1 amide bonds. The fraction of sp³-hybridized carbons (Fsp3) is 0.500. The van der Waals surface area contributed by atoms with Gasteiger partial charge in [-0.05, 0) is 66.1 Å². The van der Waals surface area contributed by atoms with Gasteiger partial charge in [-0.3, -0.25) is 4.79 Å². The van der Waals surface area contributed by atoms with E-state index in [1.54, 1.807) is 6.92 Å². The van der Waals surface area contributed by atoms with Crippen molar-refractivity contribution in [3.8, 4) is 0 Å². The molecule has 0 atom stereocenters. The quantitative estimate of drug-likeness (QED) is 0.746. The van der Waals surface area contributed by atoms with Crippen molar-refractivity contribution in [2.45, 2.75) is 45.6 Å². The van der Waals surface area contributed by atoms with Crippen LogP contribution in [0.1, 0.15) is 38.2 Å². The first-order valence-corrected chi connectivity index (χ1v) is 7.23. The number of amides is 1. The third-order valence-electron chi connectivity index (χ3n) is 3.45. The van der Waals surface area contributed by atoms with Crippen LogP contribution in [0.25, 0.3) is 0 Å². The molecule has 0 aromatic heterocycles. The molecule has 17 heavy (non-hydrogen) atoms. The van der Waals surface area contributed by atoms with Gasteiger partial charge in [-0.15, -0.1) is 0 Å². The van der Waals surface area contributed by atoms with E-state index < -0.39 is 0 Å². The number of hydrogen-bond acceptors (Lipinski definition) is 1. The number of carbonyl (C=O) groups excluding carboxylic acids is 1. The molecule has 1 aliphatic rings. The smallest absolute Gasteiger partial charge is 0.224 e. The third kappa shape index (κ3) is 2.81. The molecule has 0 saturated heterocycles. The number of halogens is 1. The number of rotatable bonds is 2. The summed E-state index contributed by atoms with van der Waals surface area (Å²) in [5.41, 5.74) is 2.28. The molecule has 0 bridgehead atoms. The lowest BCUT2D eigenvalue weighted by Crippen LogP contribution is -2.37. The van der Waals surface area contributed by atoms with Gasteiger partial charge in [-0.2, -0.15) is 0 Å². The van der Waals surface area contributed by atoms with Crippen molar-refractivity contribution < 1.29 is 4.79 Å². The van der Waals surface area contributed by atoms with E-state index in [9.17, 15) is 4.79 Å². The summed E-state index contributed by atoms with van der Waals surface area (Å²) in [6, 6.07) is 6.71. The highest BCUT2D eigenvalue weighted by Crippen LogP contribution is 2.31. The Morgan fingerprint density at radius 1 is 1.35 bits per heavy atom. The predicted molar refractivity (Wildman–Crippen MR) is 79.3 cm³/mol. The highest BCUT2D eigenvalue weighted by molar-refractivity contribution is 14.1. The monoisotopic (exact) mass is 343 g/mol. The average Bonchev–Trinajstić information content (AvgIpc) is 2.74. The molecule has 1 aromatic carbocycles. The highest BCUT2D eigenvalue weighted by Gasteiger charge is 2.26. The Morgan fingerprint density at radius 2 is 2.00 bits per heavy atom. The number of anilines is 1. The lowest BCUT2D eigenvalue weighted by Gasteiger charge is -2.29. The third-order valence-corrected chi connectivity index (χ3v) is 4.12. The second-order valence-corrected chi connectivity index (χ2v) is 6.00. The van der Waals surface area contributed by atoms with Gasteiger partial charge >= 0.3 is 0 Å². The van der Waals surface area contributed by atoms with E-state index >= 15 is 0 Å². The van der Waals surface area contributed by atoms with Crippen LogP contribution in [0.15, 0.2) is 18.2 Å². The average molecular weight is 343 g/mol. The van der Waals surface area contributed by atoms with Gasteiger partial charge in [0.25, 0.3) is 0 Å². The topological polar surface area (TPSA) is 20.3 Å². The van der Waals surface area contributed by atoms with Crippen LogP contribution in [0, 0.1) is 10.5 Å². The Hall–Kier alpha value is -0.580. The zero-order valence-electron chi connectivity index (χ0n) is 10.4. The standard InChI is InChI=1S/C14H18INO/c1-10-9-12(15)7-8-14(10)16(11(2)17)13-5-3-4-6-13/h7-9,13H,3-6H2,1-2H3. The molecule has 0 unspecified atom stereocenters. The fourth-order valence-electron chi connectivity index (χ4n) is 2.68. The first-order chi connectivity index (χ1) is 8.09. The molecular formula is C14H18INO. The zero-order valence-corrected chi connectivity index (χ0v) is 12.5. The number of carbonyl (C=O) groups is 1. The van der Waals surface area contributed by atoms with Gasteiger partial charge in [-0.1, -0.05) is 12.8 Å². The molecule has 1 aromatic rings. The summed E-state index contributed by atoms with van der Waals surface area (Å²) in [4.78, 5) is 13.9. The summed E-state index contributed by atoms with van der Waals surface area (Å²) in [6.45, 7) is 3.76. The fourth-order valence-corrected chi connectivity index (χ4v) is 3.32. The van der Waals surface area contributed by atoms with Crippen molar-refractivity contribution in [1.82, 2.24) is 0 Å². The van der Waals surface area contributed by atoms with Gasteiger partial charge in [0.05, 0.1) is 0 Å². The van der Waals surface area contributed by atoms with Gasteiger partial charge < -0.3 is 4.90 Å². The van der Waals surface area contributed by atoms with Crippen LogP contribution in [0.3, 0.4) is 0 Å². The van der Waals surface area contributed by atoms with Gasteiger partial charge in [-0.25, -0.2) is 0 Å². The van der Waals surface area contributed by atoms with Crippen LogP contribution in [0.4, 0.5) is 5.69 Å². The Labute approximate surface area is 117 Å². The largest absolute Gasteiger partial charge is 0.309 e. The Kier molecular flexibility index (Phi) is 4.07. The van der Waals surface area contributed by atoms with E-state index in [0.717, 1.165) is 18.5 Å².